The molecule has 1 fully saturated rings. The van der Waals surface area contributed by atoms with Crippen molar-refractivity contribution in [2.45, 2.75) is 20.8 Å². The summed E-state index contributed by atoms with van der Waals surface area (Å²) in [5, 5.41) is 0. The van der Waals surface area contributed by atoms with Gasteiger partial charge in [0.2, 0.25) is 5.91 Å². The predicted molar refractivity (Wildman–Crippen MR) is 90.1 cm³/mol. The minimum atomic E-state index is -0.360. The Bertz CT molecular complexity index is 711. The Hall–Kier alpha value is -2.37. The van der Waals surface area contributed by atoms with Gasteiger partial charge < -0.3 is 14.2 Å². The number of carbonyl (C=O) groups is 1. The molecule has 1 amide bonds. The van der Waals surface area contributed by atoms with Gasteiger partial charge in [-0.05, 0) is 24.3 Å². The summed E-state index contributed by atoms with van der Waals surface area (Å²) in [5.41, 5.74) is 0.428. The first-order chi connectivity index (χ1) is 11.3. The van der Waals surface area contributed by atoms with E-state index in [0.29, 0.717) is 38.0 Å². The summed E-state index contributed by atoms with van der Waals surface area (Å²) in [6.45, 7) is 8.49. The molecule has 1 aliphatic rings. The highest BCUT2D eigenvalue weighted by Crippen LogP contribution is 2.26. The minimum absolute atomic E-state index is 0.168. The van der Waals surface area contributed by atoms with E-state index in [1.165, 1.54) is 12.1 Å². The van der Waals surface area contributed by atoms with Crippen LogP contribution in [0.4, 0.5) is 10.4 Å². The Morgan fingerprint density at radius 3 is 2.33 bits per heavy atom. The number of halogens is 1. The molecule has 3 rings (SSSR count). The van der Waals surface area contributed by atoms with Crippen LogP contribution in [-0.2, 0) is 4.79 Å². The van der Waals surface area contributed by atoms with Gasteiger partial charge in [0, 0.05) is 37.2 Å². The first-order valence-corrected chi connectivity index (χ1v) is 8.11. The van der Waals surface area contributed by atoms with E-state index in [0.717, 1.165) is 5.56 Å². The molecule has 0 spiro atoms. The van der Waals surface area contributed by atoms with Crippen molar-refractivity contribution in [3.05, 3.63) is 36.3 Å². The molecule has 0 atom stereocenters. The van der Waals surface area contributed by atoms with Gasteiger partial charge in [0.1, 0.15) is 5.82 Å². The van der Waals surface area contributed by atoms with E-state index in [-0.39, 0.29) is 17.1 Å². The van der Waals surface area contributed by atoms with Crippen molar-refractivity contribution < 1.29 is 13.6 Å². The molecule has 1 saturated heterocycles. The van der Waals surface area contributed by atoms with Crippen molar-refractivity contribution in [3.63, 3.8) is 0 Å². The zero-order valence-electron chi connectivity index (χ0n) is 14.3. The Morgan fingerprint density at radius 1 is 1.12 bits per heavy atom. The molecule has 6 heteroatoms. The van der Waals surface area contributed by atoms with Gasteiger partial charge in [-0.1, -0.05) is 20.8 Å². The van der Waals surface area contributed by atoms with Gasteiger partial charge >= 0.3 is 0 Å². The summed E-state index contributed by atoms with van der Waals surface area (Å²) < 4.78 is 18.8. The molecule has 0 saturated carbocycles. The van der Waals surface area contributed by atoms with E-state index < -0.39 is 0 Å². The summed E-state index contributed by atoms with van der Waals surface area (Å²) in [6, 6.07) is 6.67. The third kappa shape index (κ3) is 3.42. The number of piperazine rings is 1. The number of anilines is 1. The molecule has 0 N–H and O–H groups in total. The van der Waals surface area contributed by atoms with Gasteiger partial charge in [0.05, 0.1) is 6.20 Å². The molecular weight excluding hydrogens is 309 g/mol. The fourth-order valence-electron chi connectivity index (χ4n) is 2.73. The number of amides is 1. The Kier molecular flexibility index (Phi) is 4.30. The molecule has 24 heavy (non-hydrogen) atoms. The van der Waals surface area contributed by atoms with Gasteiger partial charge in [0.15, 0.2) is 5.76 Å². The third-order valence-electron chi connectivity index (χ3n) is 4.10. The van der Waals surface area contributed by atoms with Crippen molar-refractivity contribution in [2.75, 3.05) is 31.1 Å². The molecule has 5 nitrogen and oxygen atoms in total. The number of benzene rings is 1. The second-order valence-electron chi connectivity index (χ2n) is 7.04. The molecule has 1 aromatic carbocycles. The summed E-state index contributed by atoms with van der Waals surface area (Å²) >= 11 is 0. The maximum Gasteiger partial charge on any atom is 0.297 e. The van der Waals surface area contributed by atoms with Crippen LogP contribution < -0.4 is 4.90 Å². The predicted octanol–water partition coefficient (Wildman–Crippen LogP) is 3.18. The van der Waals surface area contributed by atoms with Crippen molar-refractivity contribution in [3.8, 4) is 11.3 Å². The van der Waals surface area contributed by atoms with Gasteiger partial charge in [-0.2, -0.15) is 0 Å². The summed E-state index contributed by atoms with van der Waals surface area (Å²) in [7, 11) is 0. The Balaban J connectivity index is 1.65. The standard InChI is InChI=1S/C18H22FN3O2/c1-18(2,3)16(23)21-8-10-22(11-9-21)17-20-12-15(24-17)13-4-6-14(19)7-5-13/h4-7,12H,8-11H2,1-3H3. The minimum Gasteiger partial charge on any atom is -0.423 e. The Morgan fingerprint density at radius 2 is 1.75 bits per heavy atom. The number of oxazole rings is 1. The third-order valence-corrected chi connectivity index (χ3v) is 4.10. The van der Waals surface area contributed by atoms with Crippen LogP contribution in [0.15, 0.2) is 34.9 Å². The van der Waals surface area contributed by atoms with Crippen LogP contribution in [0.25, 0.3) is 11.3 Å². The number of carbonyl (C=O) groups excluding carboxylic acids is 1. The first kappa shape index (κ1) is 16.5. The lowest BCUT2D eigenvalue weighted by molar-refractivity contribution is -0.139. The molecular formula is C18H22FN3O2. The summed E-state index contributed by atoms with van der Waals surface area (Å²) in [5.74, 6) is 0.498. The van der Waals surface area contributed by atoms with E-state index in [1.807, 2.05) is 30.6 Å². The molecule has 0 radical (unpaired) electrons. The number of rotatable bonds is 2. The van der Waals surface area contributed by atoms with Crippen molar-refractivity contribution in [2.24, 2.45) is 5.41 Å². The van der Waals surface area contributed by atoms with E-state index in [9.17, 15) is 9.18 Å². The van der Waals surface area contributed by atoms with Gasteiger partial charge in [0.25, 0.3) is 6.01 Å². The zero-order chi connectivity index (χ0) is 17.3. The SMILES string of the molecule is CC(C)(C)C(=O)N1CCN(c2ncc(-c3ccc(F)cc3)o2)CC1. The van der Waals surface area contributed by atoms with Gasteiger partial charge in [-0.3, -0.25) is 4.79 Å². The van der Waals surface area contributed by atoms with Crippen molar-refractivity contribution >= 4 is 11.9 Å². The lowest BCUT2D eigenvalue weighted by Gasteiger charge is -2.37. The average Bonchev–Trinajstić information content (AvgIpc) is 3.04. The number of nitrogens with zero attached hydrogens (tertiary/aromatic N) is 3. The molecule has 2 aromatic rings. The number of aromatic nitrogens is 1. The Labute approximate surface area is 141 Å². The summed E-state index contributed by atoms with van der Waals surface area (Å²) in [6.07, 6.45) is 1.65. The molecule has 0 bridgehead atoms. The van der Waals surface area contributed by atoms with Gasteiger partial charge in [-0.15, -0.1) is 0 Å². The van der Waals surface area contributed by atoms with E-state index >= 15 is 0 Å². The highest BCUT2D eigenvalue weighted by Gasteiger charge is 2.30. The molecule has 0 unspecified atom stereocenters. The lowest BCUT2D eigenvalue weighted by atomic mass is 9.94. The highest BCUT2D eigenvalue weighted by molar-refractivity contribution is 5.81. The van der Waals surface area contributed by atoms with Crippen molar-refractivity contribution in [1.82, 2.24) is 9.88 Å². The first-order valence-electron chi connectivity index (χ1n) is 8.11. The molecule has 1 aliphatic heterocycles. The number of hydrogen-bond acceptors (Lipinski definition) is 4. The second-order valence-corrected chi connectivity index (χ2v) is 7.04. The zero-order valence-corrected chi connectivity index (χ0v) is 14.3. The van der Waals surface area contributed by atoms with Crippen molar-refractivity contribution in [1.29, 1.82) is 0 Å². The fraction of sp³-hybridized carbons (Fsp3) is 0.444. The molecule has 0 aliphatic carbocycles. The summed E-state index contributed by atoms with van der Waals surface area (Å²) in [4.78, 5) is 20.6. The lowest BCUT2D eigenvalue weighted by Crippen LogP contribution is -2.51. The highest BCUT2D eigenvalue weighted by atomic mass is 19.1. The van der Waals surface area contributed by atoms with E-state index in [4.69, 9.17) is 4.42 Å². The smallest absolute Gasteiger partial charge is 0.297 e. The molecule has 1 aromatic heterocycles. The van der Waals surface area contributed by atoms with Crippen LogP contribution in [-0.4, -0.2) is 42.0 Å². The topological polar surface area (TPSA) is 49.6 Å². The van der Waals surface area contributed by atoms with Crippen LogP contribution in [0.5, 0.6) is 0 Å². The quantitative estimate of drug-likeness (QED) is 0.848. The second kappa shape index (κ2) is 6.26. The maximum absolute atomic E-state index is 13.0. The normalized spacial score (nSPS) is 15.7. The molecule has 2 heterocycles. The fourth-order valence-corrected chi connectivity index (χ4v) is 2.73. The number of hydrogen-bond donors (Lipinski definition) is 0. The van der Waals surface area contributed by atoms with Crippen LogP contribution in [0, 0.1) is 11.2 Å². The average molecular weight is 331 g/mol. The molecule has 128 valence electrons. The van der Waals surface area contributed by atoms with Crippen LogP contribution in [0.3, 0.4) is 0 Å². The van der Waals surface area contributed by atoms with Crippen LogP contribution >= 0.6 is 0 Å². The monoisotopic (exact) mass is 331 g/mol. The van der Waals surface area contributed by atoms with Crippen LogP contribution in [0.1, 0.15) is 20.8 Å². The van der Waals surface area contributed by atoms with E-state index in [1.54, 1.807) is 18.3 Å². The van der Waals surface area contributed by atoms with E-state index in [2.05, 4.69) is 4.98 Å². The maximum atomic E-state index is 13.0. The largest absolute Gasteiger partial charge is 0.423 e. The van der Waals surface area contributed by atoms with Crippen LogP contribution in [0.2, 0.25) is 0 Å². The van der Waals surface area contributed by atoms with Gasteiger partial charge in [-0.25, -0.2) is 9.37 Å².